The average Bonchev–Trinajstić information content (AvgIpc) is 3.12. The molecule has 0 bridgehead atoms. The summed E-state index contributed by atoms with van der Waals surface area (Å²) in [5.41, 5.74) is 2.91. The molecule has 5 rings (SSSR count). The first kappa shape index (κ1) is 23.1. The van der Waals surface area contributed by atoms with Crippen LogP contribution in [-0.4, -0.2) is 20.0 Å². The maximum atomic E-state index is 14.2. The van der Waals surface area contributed by atoms with Gasteiger partial charge in [0.15, 0.2) is 0 Å². The summed E-state index contributed by atoms with van der Waals surface area (Å²) >= 11 is 12.1. The van der Waals surface area contributed by atoms with Gasteiger partial charge in [0.05, 0.1) is 24.1 Å². The van der Waals surface area contributed by atoms with Crippen LogP contribution in [0.3, 0.4) is 0 Å². The number of rotatable bonds is 5. The molecule has 0 unspecified atom stereocenters. The third kappa shape index (κ3) is 4.40. The van der Waals surface area contributed by atoms with Crippen molar-refractivity contribution in [1.29, 1.82) is 0 Å². The number of carbonyl (C=O) groups is 1. The zero-order valence-corrected chi connectivity index (χ0v) is 20.1. The number of halogens is 3. The Kier molecular flexibility index (Phi) is 6.05. The molecule has 0 radical (unpaired) electrons. The lowest BCUT2D eigenvalue weighted by molar-refractivity contribution is -0.116. The van der Waals surface area contributed by atoms with Crippen LogP contribution in [0, 0.1) is 12.7 Å². The number of aromatic nitrogens is 3. The van der Waals surface area contributed by atoms with Crippen molar-refractivity contribution >= 4 is 56.7 Å². The van der Waals surface area contributed by atoms with Crippen molar-refractivity contribution < 1.29 is 9.18 Å². The van der Waals surface area contributed by atoms with Crippen LogP contribution in [0.5, 0.6) is 0 Å². The summed E-state index contributed by atoms with van der Waals surface area (Å²) in [7, 11) is 0. The summed E-state index contributed by atoms with van der Waals surface area (Å²) in [6, 6.07) is 16.9. The van der Waals surface area contributed by atoms with Crippen molar-refractivity contribution in [3.8, 4) is 0 Å². The molecular weight excluding hydrogens is 490 g/mol. The van der Waals surface area contributed by atoms with E-state index in [0.29, 0.717) is 16.1 Å². The first-order valence-electron chi connectivity index (χ1n) is 10.8. The molecule has 9 heteroatoms. The Balaban J connectivity index is 1.61. The Morgan fingerprint density at radius 1 is 1.09 bits per heavy atom. The molecule has 6 nitrogen and oxygen atoms in total. The lowest BCUT2D eigenvalue weighted by Gasteiger charge is -2.11. The molecule has 0 spiro atoms. The normalized spacial score (nSPS) is 11.3. The van der Waals surface area contributed by atoms with Gasteiger partial charge in [-0.3, -0.25) is 14.2 Å². The Morgan fingerprint density at radius 2 is 1.89 bits per heavy atom. The number of fused-ring (bicyclic) bond motifs is 3. The third-order valence-corrected chi connectivity index (χ3v) is 6.39. The number of hydrogen-bond donors (Lipinski definition) is 1. The van der Waals surface area contributed by atoms with Crippen molar-refractivity contribution in [3.63, 3.8) is 0 Å². The molecule has 1 amide bonds. The van der Waals surface area contributed by atoms with Gasteiger partial charge in [0, 0.05) is 15.4 Å². The number of benzene rings is 3. The van der Waals surface area contributed by atoms with E-state index in [-0.39, 0.29) is 34.9 Å². The largest absolute Gasteiger partial charge is 0.325 e. The van der Waals surface area contributed by atoms with Crippen molar-refractivity contribution in [2.24, 2.45) is 0 Å². The van der Waals surface area contributed by atoms with Crippen LogP contribution in [0.25, 0.3) is 21.9 Å². The third-order valence-electron chi connectivity index (χ3n) is 5.79. The number of amides is 1. The molecule has 2 aromatic heterocycles. The van der Waals surface area contributed by atoms with E-state index in [9.17, 15) is 14.0 Å². The van der Waals surface area contributed by atoms with Gasteiger partial charge in [0.2, 0.25) is 5.91 Å². The van der Waals surface area contributed by atoms with Gasteiger partial charge in [-0.05, 0) is 48.9 Å². The average molecular weight is 509 g/mol. The zero-order valence-electron chi connectivity index (χ0n) is 18.6. The molecule has 0 aliphatic rings. The number of hydrogen-bond acceptors (Lipinski definition) is 3. The molecule has 5 aromatic rings. The number of carbonyl (C=O) groups excluding carboxylic acids is 1. The monoisotopic (exact) mass is 508 g/mol. The van der Waals surface area contributed by atoms with Gasteiger partial charge in [-0.15, -0.1) is 0 Å². The number of aryl methyl sites for hydroxylation is 1. The fourth-order valence-electron chi connectivity index (χ4n) is 4.13. The topological polar surface area (TPSA) is 68.9 Å². The fourth-order valence-corrected chi connectivity index (χ4v) is 4.48. The molecule has 3 aromatic carbocycles. The molecule has 1 N–H and O–H groups in total. The van der Waals surface area contributed by atoms with Gasteiger partial charge in [0.1, 0.15) is 23.4 Å². The SMILES string of the molecule is Cc1ccc2c(c1)c1ncn(Cc3ccccc3Cl)c(=O)c1n2CC(=O)Nc1ccc(Cl)cc1F. The van der Waals surface area contributed by atoms with E-state index in [0.717, 1.165) is 22.6 Å². The second kappa shape index (κ2) is 9.17. The summed E-state index contributed by atoms with van der Waals surface area (Å²) in [6.45, 7) is 1.96. The molecule has 0 aliphatic heterocycles. The first-order valence-corrected chi connectivity index (χ1v) is 11.5. The maximum Gasteiger partial charge on any atom is 0.278 e. The minimum atomic E-state index is -0.646. The highest BCUT2D eigenvalue weighted by Crippen LogP contribution is 2.27. The Bertz CT molecular complexity index is 1680. The van der Waals surface area contributed by atoms with Crippen LogP contribution in [0.1, 0.15) is 11.1 Å². The molecular formula is C26H19Cl2FN4O2. The van der Waals surface area contributed by atoms with Crippen molar-refractivity contribution in [2.75, 3.05) is 5.32 Å². The summed E-state index contributed by atoms with van der Waals surface area (Å²) in [5.74, 6) is -1.14. The Hall–Kier alpha value is -3.68. The summed E-state index contributed by atoms with van der Waals surface area (Å²) in [5, 5.41) is 4.08. The zero-order chi connectivity index (χ0) is 24.7. The van der Waals surface area contributed by atoms with Crippen LogP contribution in [0.15, 0.2) is 71.8 Å². The van der Waals surface area contributed by atoms with E-state index in [1.54, 1.807) is 10.6 Å². The summed E-state index contributed by atoms with van der Waals surface area (Å²) in [6.07, 6.45) is 1.49. The van der Waals surface area contributed by atoms with Crippen LogP contribution in [0.4, 0.5) is 10.1 Å². The second-order valence-electron chi connectivity index (χ2n) is 8.25. The van der Waals surface area contributed by atoms with E-state index in [1.165, 1.54) is 23.0 Å². The van der Waals surface area contributed by atoms with Crippen molar-refractivity contribution in [3.05, 3.63) is 104 Å². The molecule has 2 heterocycles. The Morgan fingerprint density at radius 3 is 2.66 bits per heavy atom. The smallest absolute Gasteiger partial charge is 0.278 e. The van der Waals surface area contributed by atoms with Gasteiger partial charge in [-0.2, -0.15) is 0 Å². The highest BCUT2D eigenvalue weighted by atomic mass is 35.5. The second-order valence-corrected chi connectivity index (χ2v) is 9.09. The van der Waals surface area contributed by atoms with Gasteiger partial charge >= 0.3 is 0 Å². The van der Waals surface area contributed by atoms with Gasteiger partial charge in [0.25, 0.3) is 5.56 Å². The van der Waals surface area contributed by atoms with E-state index in [4.69, 9.17) is 23.2 Å². The molecule has 0 saturated heterocycles. The first-order chi connectivity index (χ1) is 16.8. The van der Waals surface area contributed by atoms with Crippen LogP contribution in [0.2, 0.25) is 10.0 Å². The van der Waals surface area contributed by atoms with E-state index in [1.807, 2.05) is 43.3 Å². The lowest BCUT2D eigenvalue weighted by atomic mass is 10.1. The van der Waals surface area contributed by atoms with E-state index in [2.05, 4.69) is 10.3 Å². The number of anilines is 1. The molecule has 0 saturated carbocycles. The quantitative estimate of drug-likeness (QED) is 0.326. The summed E-state index contributed by atoms with van der Waals surface area (Å²) in [4.78, 5) is 31.1. The van der Waals surface area contributed by atoms with Gasteiger partial charge in [-0.25, -0.2) is 9.37 Å². The predicted octanol–water partition coefficient (Wildman–Crippen LogP) is 5.79. The van der Waals surface area contributed by atoms with Crippen molar-refractivity contribution in [2.45, 2.75) is 20.0 Å². The molecule has 0 aliphatic carbocycles. The maximum absolute atomic E-state index is 14.2. The molecule has 176 valence electrons. The minimum absolute atomic E-state index is 0.00488. The molecule has 35 heavy (non-hydrogen) atoms. The molecule has 0 fully saturated rings. The summed E-state index contributed by atoms with van der Waals surface area (Å²) < 4.78 is 17.3. The number of nitrogens with one attached hydrogen (secondary N) is 1. The highest BCUT2D eigenvalue weighted by molar-refractivity contribution is 6.31. The van der Waals surface area contributed by atoms with Crippen LogP contribution in [-0.2, 0) is 17.9 Å². The van der Waals surface area contributed by atoms with E-state index < -0.39 is 11.7 Å². The minimum Gasteiger partial charge on any atom is -0.325 e. The van der Waals surface area contributed by atoms with E-state index >= 15 is 0 Å². The lowest BCUT2D eigenvalue weighted by Crippen LogP contribution is -2.25. The van der Waals surface area contributed by atoms with Gasteiger partial charge < -0.3 is 9.88 Å². The highest BCUT2D eigenvalue weighted by Gasteiger charge is 2.19. The van der Waals surface area contributed by atoms with Crippen LogP contribution >= 0.6 is 23.2 Å². The molecule has 0 atom stereocenters. The number of nitrogens with zero attached hydrogens (tertiary/aromatic N) is 3. The predicted molar refractivity (Wildman–Crippen MR) is 137 cm³/mol. The fraction of sp³-hybridized carbons (Fsp3) is 0.115. The standard InChI is InChI=1S/C26H19Cl2FN4O2/c1-15-6-9-22-18(10-15)24-25(26(35)32(14-30-24)12-16-4-2-3-5-19(16)28)33(22)13-23(34)31-21-8-7-17(27)11-20(21)29/h2-11,14H,12-13H2,1H3,(H,31,34). The van der Waals surface area contributed by atoms with Crippen LogP contribution < -0.4 is 10.9 Å². The van der Waals surface area contributed by atoms with Crippen molar-refractivity contribution in [1.82, 2.24) is 14.1 Å². The Labute approximate surface area is 209 Å². The van der Waals surface area contributed by atoms with Gasteiger partial charge in [-0.1, -0.05) is 53.0 Å².